The third-order valence-corrected chi connectivity index (χ3v) is 5.71. The number of aryl methyl sites for hydroxylation is 1. The Kier molecular flexibility index (Phi) is 6.83. The summed E-state index contributed by atoms with van der Waals surface area (Å²) in [7, 11) is 0. The summed E-state index contributed by atoms with van der Waals surface area (Å²) in [6.45, 7) is 2.56. The van der Waals surface area contributed by atoms with Crippen LogP contribution in [-0.4, -0.2) is 25.4 Å². The first-order valence-corrected chi connectivity index (χ1v) is 11.2. The molecule has 168 valence electrons. The van der Waals surface area contributed by atoms with Gasteiger partial charge in [0.1, 0.15) is 5.82 Å². The SMILES string of the molecule is CCCCCc1nn(-c2ccccc2)c(=O)n1Cc1ccc(-c2ccccc2C(=O)O)cc1. The van der Waals surface area contributed by atoms with Crippen LogP contribution in [0.15, 0.2) is 83.7 Å². The molecule has 0 atom stereocenters. The molecule has 1 heterocycles. The maximum Gasteiger partial charge on any atom is 0.351 e. The van der Waals surface area contributed by atoms with E-state index in [-0.39, 0.29) is 11.3 Å². The largest absolute Gasteiger partial charge is 0.478 e. The van der Waals surface area contributed by atoms with E-state index < -0.39 is 5.97 Å². The van der Waals surface area contributed by atoms with E-state index in [0.29, 0.717) is 12.1 Å². The summed E-state index contributed by atoms with van der Waals surface area (Å²) in [5.74, 6) is -0.177. The zero-order chi connectivity index (χ0) is 23.2. The molecule has 0 aliphatic carbocycles. The first kappa shape index (κ1) is 22.3. The molecule has 1 aromatic heterocycles. The molecule has 0 fully saturated rings. The number of nitrogens with zero attached hydrogens (tertiary/aromatic N) is 3. The topological polar surface area (TPSA) is 77.1 Å². The minimum absolute atomic E-state index is 0.159. The minimum atomic E-state index is -0.953. The lowest BCUT2D eigenvalue weighted by Gasteiger charge is -2.09. The van der Waals surface area contributed by atoms with Gasteiger partial charge in [0.25, 0.3) is 0 Å². The van der Waals surface area contributed by atoms with Gasteiger partial charge in [-0.15, -0.1) is 5.10 Å². The van der Waals surface area contributed by atoms with Gasteiger partial charge in [-0.25, -0.2) is 9.59 Å². The van der Waals surface area contributed by atoms with Crippen LogP contribution in [0, 0.1) is 0 Å². The summed E-state index contributed by atoms with van der Waals surface area (Å²) < 4.78 is 3.21. The number of carboxylic acid groups (broad SMARTS) is 1. The molecule has 0 radical (unpaired) electrons. The quantitative estimate of drug-likeness (QED) is 0.363. The summed E-state index contributed by atoms with van der Waals surface area (Å²) in [6, 6.07) is 24.1. The van der Waals surface area contributed by atoms with E-state index in [9.17, 15) is 14.7 Å². The van der Waals surface area contributed by atoms with E-state index >= 15 is 0 Å². The van der Waals surface area contributed by atoms with E-state index in [4.69, 9.17) is 0 Å². The van der Waals surface area contributed by atoms with Crippen molar-refractivity contribution in [1.82, 2.24) is 14.3 Å². The van der Waals surface area contributed by atoms with Crippen LogP contribution in [0.3, 0.4) is 0 Å². The molecule has 0 saturated heterocycles. The zero-order valence-corrected chi connectivity index (χ0v) is 18.6. The van der Waals surface area contributed by atoms with E-state index in [1.807, 2.05) is 60.7 Å². The Bertz CT molecular complexity index is 1290. The van der Waals surface area contributed by atoms with Gasteiger partial charge in [0.15, 0.2) is 0 Å². The number of carbonyl (C=O) groups is 1. The zero-order valence-electron chi connectivity index (χ0n) is 18.6. The number of aromatic nitrogens is 3. The average Bonchev–Trinajstić information content (AvgIpc) is 3.15. The standard InChI is InChI=1S/C27H27N3O3/c1-2-3-5-14-25-28-30(22-10-6-4-7-11-22)27(33)29(25)19-20-15-17-21(18-16-20)23-12-8-9-13-24(23)26(31)32/h4,6-13,15-18H,2-3,5,14,19H2,1H3,(H,31,32). The maximum atomic E-state index is 13.2. The van der Waals surface area contributed by atoms with Crippen LogP contribution >= 0.6 is 0 Å². The molecule has 0 saturated carbocycles. The third-order valence-electron chi connectivity index (χ3n) is 5.71. The van der Waals surface area contributed by atoms with Crippen LogP contribution in [0.4, 0.5) is 0 Å². The number of aromatic carboxylic acids is 1. The summed E-state index contributed by atoms with van der Waals surface area (Å²) in [4.78, 5) is 24.8. The lowest BCUT2D eigenvalue weighted by atomic mass is 9.99. The third kappa shape index (κ3) is 4.95. The number of hydrogen-bond donors (Lipinski definition) is 1. The van der Waals surface area contributed by atoms with Gasteiger partial charge < -0.3 is 5.11 Å². The predicted molar refractivity (Wildman–Crippen MR) is 129 cm³/mol. The van der Waals surface area contributed by atoms with Gasteiger partial charge in [0.05, 0.1) is 17.8 Å². The van der Waals surface area contributed by atoms with Crippen molar-refractivity contribution in [2.75, 3.05) is 0 Å². The number of rotatable bonds is 9. The molecule has 0 aliphatic heterocycles. The molecule has 0 spiro atoms. The minimum Gasteiger partial charge on any atom is -0.478 e. The molecule has 0 aliphatic rings. The van der Waals surface area contributed by atoms with Gasteiger partial charge >= 0.3 is 11.7 Å². The van der Waals surface area contributed by atoms with Gasteiger partial charge in [-0.1, -0.05) is 80.4 Å². The van der Waals surface area contributed by atoms with Crippen molar-refractivity contribution in [1.29, 1.82) is 0 Å². The second kappa shape index (κ2) is 10.1. The van der Waals surface area contributed by atoms with Crippen LogP contribution in [0.5, 0.6) is 0 Å². The Balaban J connectivity index is 1.65. The predicted octanol–water partition coefficient (Wildman–Crippen LogP) is 5.18. The Morgan fingerprint density at radius 1 is 0.909 bits per heavy atom. The highest BCUT2D eigenvalue weighted by Gasteiger charge is 2.15. The maximum absolute atomic E-state index is 13.2. The van der Waals surface area contributed by atoms with E-state index in [1.54, 1.807) is 22.8 Å². The number of benzene rings is 3. The lowest BCUT2D eigenvalue weighted by molar-refractivity contribution is 0.0697. The van der Waals surface area contributed by atoms with Crippen molar-refractivity contribution in [2.24, 2.45) is 0 Å². The highest BCUT2D eigenvalue weighted by atomic mass is 16.4. The highest BCUT2D eigenvalue weighted by molar-refractivity contribution is 5.95. The second-order valence-corrected chi connectivity index (χ2v) is 8.04. The van der Waals surface area contributed by atoms with Crippen molar-refractivity contribution in [3.05, 3.63) is 106 Å². The Morgan fingerprint density at radius 3 is 2.30 bits per heavy atom. The second-order valence-electron chi connectivity index (χ2n) is 8.04. The Hall–Kier alpha value is -3.93. The molecule has 4 aromatic rings. The fourth-order valence-corrected chi connectivity index (χ4v) is 3.94. The van der Waals surface area contributed by atoms with E-state index in [1.165, 1.54) is 4.68 Å². The molecule has 4 rings (SSSR count). The molecule has 0 bridgehead atoms. The number of carboxylic acids is 1. The Morgan fingerprint density at radius 2 is 1.61 bits per heavy atom. The van der Waals surface area contributed by atoms with Gasteiger partial charge in [-0.05, 0) is 41.3 Å². The summed E-state index contributed by atoms with van der Waals surface area (Å²) >= 11 is 0. The number of hydrogen-bond acceptors (Lipinski definition) is 3. The van der Waals surface area contributed by atoms with E-state index in [0.717, 1.165) is 48.3 Å². The van der Waals surface area contributed by atoms with Crippen LogP contribution in [0.25, 0.3) is 16.8 Å². The fraction of sp³-hybridized carbons (Fsp3) is 0.222. The number of unbranched alkanes of at least 4 members (excludes halogenated alkanes) is 2. The fourth-order valence-electron chi connectivity index (χ4n) is 3.94. The number of para-hydroxylation sites is 1. The summed E-state index contributed by atoms with van der Waals surface area (Å²) in [6.07, 6.45) is 3.91. The van der Waals surface area contributed by atoms with Crippen molar-refractivity contribution in [3.63, 3.8) is 0 Å². The molecular formula is C27H27N3O3. The molecule has 0 unspecified atom stereocenters. The van der Waals surface area contributed by atoms with Gasteiger partial charge in [0, 0.05) is 6.42 Å². The summed E-state index contributed by atoms with van der Waals surface area (Å²) in [5.41, 5.74) is 3.31. The first-order chi connectivity index (χ1) is 16.1. The van der Waals surface area contributed by atoms with Crippen molar-refractivity contribution in [3.8, 4) is 16.8 Å². The smallest absolute Gasteiger partial charge is 0.351 e. The lowest BCUT2D eigenvalue weighted by Crippen LogP contribution is -2.25. The van der Waals surface area contributed by atoms with Crippen molar-refractivity contribution in [2.45, 2.75) is 39.2 Å². The van der Waals surface area contributed by atoms with Crippen LogP contribution < -0.4 is 5.69 Å². The Labute approximate surface area is 192 Å². The highest BCUT2D eigenvalue weighted by Crippen LogP contribution is 2.24. The molecule has 6 nitrogen and oxygen atoms in total. The van der Waals surface area contributed by atoms with Gasteiger partial charge in [0.2, 0.25) is 0 Å². The molecule has 33 heavy (non-hydrogen) atoms. The van der Waals surface area contributed by atoms with Gasteiger partial charge in [-0.2, -0.15) is 4.68 Å². The van der Waals surface area contributed by atoms with Crippen LogP contribution in [0.1, 0.15) is 47.9 Å². The van der Waals surface area contributed by atoms with Crippen molar-refractivity contribution >= 4 is 5.97 Å². The van der Waals surface area contributed by atoms with Crippen LogP contribution in [0.2, 0.25) is 0 Å². The first-order valence-electron chi connectivity index (χ1n) is 11.2. The van der Waals surface area contributed by atoms with Gasteiger partial charge in [-0.3, -0.25) is 4.57 Å². The molecule has 0 amide bonds. The molecule has 6 heteroatoms. The normalized spacial score (nSPS) is 10.9. The van der Waals surface area contributed by atoms with E-state index in [2.05, 4.69) is 12.0 Å². The molecule has 3 aromatic carbocycles. The molecular weight excluding hydrogens is 414 g/mol. The monoisotopic (exact) mass is 441 g/mol. The summed E-state index contributed by atoms with van der Waals surface area (Å²) in [5, 5.41) is 14.1. The van der Waals surface area contributed by atoms with Crippen molar-refractivity contribution < 1.29 is 9.90 Å². The van der Waals surface area contributed by atoms with Crippen LogP contribution in [-0.2, 0) is 13.0 Å². The average molecular weight is 442 g/mol. The molecule has 1 N–H and O–H groups in total.